The minimum Gasteiger partial charge on any atom is -0.497 e. The third-order valence-electron chi connectivity index (χ3n) is 3.05. The Morgan fingerprint density at radius 1 is 1.30 bits per heavy atom. The van der Waals surface area contributed by atoms with Crippen LogP contribution in [0.5, 0.6) is 5.75 Å². The van der Waals surface area contributed by atoms with Gasteiger partial charge in [0.15, 0.2) is 5.13 Å². The number of benzene rings is 2. The van der Waals surface area contributed by atoms with Gasteiger partial charge in [-0.3, -0.25) is 4.79 Å². The van der Waals surface area contributed by atoms with E-state index >= 15 is 0 Å². The molecule has 118 valence electrons. The minimum absolute atomic E-state index is 0.0963. The van der Waals surface area contributed by atoms with E-state index < -0.39 is 0 Å². The van der Waals surface area contributed by atoms with Gasteiger partial charge in [-0.1, -0.05) is 29.0 Å². The summed E-state index contributed by atoms with van der Waals surface area (Å²) in [5.74, 6) is 1.02. The number of ether oxygens (including phenoxy) is 1. The zero-order valence-corrected chi connectivity index (χ0v) is 14.6. The number of aromatic nitrogens is 1. The molecular formula is C16H13ClN2O2S2. The fourth-order valence-electron chi connectivity index (χ4n) is 1.94. The Morgan fingerprint density at radius 3 is 2.78 bits per heavy atom. The van der Waals surface area contributed by atoms with Crippen LogP contribution in [0.25, 0.3) is 10.2 Å². The van der Waals surface area contributed by atoms with Gasteiger partial charge in [-0.2, -0.15) is 0 Å². The first-order chi connectivity index (χ1) is 11.2. The Balaban J connectivity index is 1.60. The van der Waals surface area contributed by atoms with Crippen LogP contribution in [0.15, 0.2) is 47.4 Å². The molecule has 0 fully saturated rings. The molecular weight excluding hydrogens is 352 g/mol. The molecule has 0 atom stereocenters. The molecule has 1 N–H and O–H groups in total. The van der Waals surface area contributed by atoms with Gasteiger partial charge < -0.3 is 10.1 Å². The lowest BCUT2D eigenvalue weighted by Crippen LogP contribution is -2.13. The number of rotatable bonds is 5. The van der Waals surface area contributed by atoms with E-state index in [1.54, 1.807) is 13.2 Å². The van der Waals surface area contributed by atoms with E-state index in [-0.39, 0.29) is 5.91 Å². The summed E-state index contributed by atoms with van der Waals surface area (Å²) in [6.45, 7) is 0. The van der Waals surface area contributed by atoms with Crippen molar-refractivity contribution in [3.8, 4) is 5.75 Å². The van der Waals surface area contributed by atoms with Gasteiger partial charge in [-0.05, 0) is 36.4 Å². The van der Waals surface area contributed by atoms with E-state index in [0.717, 1.165) is 20.9 Å². The van der Waals surface area contributed by atoms with Crippen molar-refractivity contribution in [1.29, 1.82) is 0 Å². The number of hydrogen-bond donors (Lipinski definition) is 1. The second-order valence-corrected chi connectivity index (χ2v) is 7.10. The average Bonchev–Trinajstić information content (AvgIpc) is 2.97. The number of thioether (sulfide) groups is 1. The summed E-state index contributed by atoms with van der Waals surface area (Å²) >= 11 is 8.96. The van der Waals surface area contributed by atoms with Gasteiger partial charge >= 0.3 is 0 Å². The highest BCUT2D eigenvalue weighted by molar-refractivity contribution is 8.00. The predicted octanol–water partition coefficient (Wildman–Crippen LogP) is 4.69. The monoisotopic (exact) mass is 364 g/mol. The van der Waals surface area contributed by atoms with Gasteiger partial charge in [-0.25, -0.2) is 4.98 Å². The number of carbonyl (C=O) groups excluding carboxylic acids is 1. The Hall–Kier alpha value is -1.76. The summed E-state index contributed by atoms with van der Waals surface area (Å²) in [4.78, 5) is 17.4. The van der Waals surface area contributed by atoms with Crippen molar-refractivity contribution in [2.24, 2.45) is 0 Å². The van der Waals surface area contributed by atoms with Crippen LogP contribution in [0.2, 0.25) is 5.02 Å². The largest absolute Gasteiger partial charge is 0.497 e. The molecule has 3 aromatic rings. The molecule has 0 bridgehead atoms. The minimum atomic E-state index is -0.0963. The third-order valence-corrected chi connectivity index (χ3v) is 5.30. The molecule has 0 aliphatic rings. The molecule has 23 heavy (non-hydrogen) atoms. The van der Waals surface area contributed by atoms with Crippen molar-refractivity contribution in [3.63, 3.8) is 0 Å². The smallest absolute Gasteiger partial charge is 0.236 e. The van der Waals surface area contributed by atoms with E-state index in [1.165, 1.54) is 23.1 Å². The highest BCUT2D eigenvalue weighted by atomic mass is 35.5. The van der Waals surface area contributed by atoms with E-state index in [9.17, 15) is 4.79 Å². The van der Waals surface area contributed by atoms with Crippen molar-refractivity contribution in [1.82, 2.24) is 4.98 Å². The number of carbonyl (C=O) groups is 1. The maximum Gasteiger partial charge on any atom is 0.236 e. The van der Waals surface area contributed by atoms with Gasteiger partial charge in [0.05, 0.1) is 22.6 Å². The van der Waals surface area contributed by atoms with Crippen LogP contribution in [0.3, 0.4) is 0 Å². The van der Waals surface area contributed by atoms with Crippen molar-refractivity contribution < 1.29 is 9.53 Å². The molecule has 3 rings (SSSR count). The van der Waals surface area contributed by atoms with E-state index in [0.29, 0.717) is 15.9 Å². The average molecular weight is 365 g/mol. The summed E-state index contributed by atoms with van der Waals surface area (Å²) < 4.78 is 6.06. The summed E-state index contributed by atoms with van der Waals surface area (Å²) in [6, 6.07) is 13.2. The lowest BCUT2D eigenvalue weighted by atomic mass is 10.3. The molecule has 1 aromatic heterocycles. The Bertz CT molecular complexity index is 834. The maximum absolute atomic E-state index is 12.0. The number of methoxy groups -OCH3 is 1. The molecule has 1 amide bonds. The van der Waals surface area contributed by atoms with Crippen molar-refractivity contribution >= 4 is 56.0 Å². The zero-order valence-electron chi connectivity index (χ0n) is 12.2. The molecule has 0 aliphatic carbocycles. The second kappa shape index (κ2) is 7.21. The van der Waals surface area contributed by atoms with Crippen LogP contribution in [0.1, 0.15) is 0 Å². The maximum atomic E-state index is 12.0. The van der Waals surface area contributed by atoms with Crippen molar-refractivity contribution in [3.05, 3.63) is 47.5 Å². The van der Waals surface area contributed by atoms with Crippen LogP contribution in [0.4, 0.5) is 5.13 Å². The number of thiazole rings is 1. The number of fused-ring (bicyclic) bond motifs is 1. The molecule has 4 nitrogen and oxygen atoms in total. The summed E-state index contributed by atoms with van der Waals surface area (Å²) in [5, 5.41) is 3.97. The number of amides is 1. The molecule has 0 unspecified atom stereocenters. The molecule has 1 heterocycles. The van der Waals surface area contributed by atoms with Crippen LogP contribution < -0.4 is 10.1 Å². The summed E-state index contributed by atoms with van der Waals surface area (Å²) in [5.41, 5.74) is 0.720. The first kappa shape index (κ1) is 16.1. The molecule has 0 aliphatic heterocycles. The Morgan fingerprint density at radius 2 is 2.09 bits per heavy atom. The number of hydrogen-bond acceptors (Lipinski definition) is 5. The highest BCUT2D eigenvalue weighted by Gasteiger charge is 2.10. The fraction of sp³-hybridized carbons (Fsp3) is 0.125. The number of halogens is 1. The molecule has 0 saturated heterocycles. The number of para-hydroxylation sites is 1. The number of nitrogens with zero attached hydrogens (tertiary/aromatic N) is 1. The molecule has 0 spiro atoms. The lowest BCUT2D eigenvalue weighted by molar-refractivity contribution is -0.113. The van der Waals surface area contributed by atoms with Crippen LogP contribution in [0, 0.1) is 0 Å². The van der Waals surface area contributed by atoms with Crippen molar-refractivity contribution in [2.75, 3.05) is 18.2 Å². The normalized spacial score (nSPS) is 10.7. The molecule has 0 saturated carbocycles. The molecule has 7 heteroatoms. The predicted molar refractivity (Wildman–Crippen MR) is 97.0 cm³/mol. The van der Waals surface area contributed by atoms with Crippen LogP contribution in [-0.4, -0.2) is 23.8 Å². The van der Waals surface area contributed by atoms with Crippen molar-refractivity contribution in [2.45, 2.75) is 4.90 Å². The SMILES string of the molecule is COc1ccc(SCC(=O)Nc2nc3c(Cl)cccc3s2)cc1. The standard InChI is InChI=1S/C16H13ClN2O2S2/c1-21-10-5-7-11(8-6-10)22-9-14(20)18-16-19-15-12(17)3-2-4-13(15)23-16/h2-8H,9H2,1H3,(H,18,19,20). The van der Waals surface area contributed by atoms with Gasteiger partial charge in [0, 0.05) is 4.90 Å². The molecule has 2 aromatic carbocycles. The second-order valence-electron chi connectivity index (χ2n) is 4.62. The summed E-state index contributed by atoms with van der Waals surface area (Å²) in [6.07, 6.45) is 0. The summed E-state index contributed by atoms with van der Waals surface area (Å²) in [7, 11) is 1.62. The number of anilines is 1. The fourth-order valence-corrected chi connectivity index (χ4v) is 3.82. The van der Waals surface area contributed by atoms with Gasteiger partial charge in [0.25, 0.3) is 0 Å². The lowest BCUT2D eigenvalue weighted by Gasteiger charge is -2.03. The third kappa shape index (κ3) is 3.96. The zero-order chi connectivity index (χ0) is 16.2. The van der Waals surface area contributed by atoms with E-state index in [4.69, 9.17) is 16.3 Å². The van der Waals surface area contributed by atoms with Gasteiger partial charge in [0.1, 0.15) is 11.3 Å². The first-order valence-corrected chi connectivity index (χ1v) is 8.95. The van der Waals surface area contributed by atoms with E-state index in [2.05, 4.69) is 10.3 Å². The quantitative estimate of drug-likeness (QED) is 0.667. The van der Waals surface area contributed by atoms with Crippen LogP contribution >= 0.6 is 34.7 Å². The van der Waals surface area contributed by atoms with E-state index in [1.807, 2.05) is 36.4 Å². The van der Waals surface area contributed by atoms with Gasteiger partial charge in [0.2, 0.25) is 5.91 Å². The first-order valence-electron chi connectivity index (χ1n) is 6.77. The van der Waals surface area contributed by atoms with Crippen LogP contribution in [-0.2, 0) is 4.79 Å². The molecule has 0 radical (unpaired) electrons. The topological polar surface area (TPSA) is 51.2 Å². The Kier molecular flexibility index (Phi) is 5.05. The number of nitrogens with one attached hydrogen (secondary N) is 1. The van der Waals surface area contributed by atoms with Gasteiger partial charge in [-0.15, -0.1) is 11.8 Å². The Labute approximate surface area is 146 Å². The highest BCUT2D eigenvalue weighted by Crippen LogP contribution is 2.30.